The van der Waals surface area contributed by atoms with Gasteiger partial charge in [0, 0.05) is 49.2 Å². The highest BCUT2D eigenvalue weighted by atomic mass is 32.2. The number of carbonyl (C=O) groups is 1. The predicted molar refractivity (Wildman–Crippen MR) is 113 cm³/mol. The summed E-state index contributed by atoms with van der Waals surface area (Å²) in [5, 5.41) is 12.1. The van der Waals surface area contributed by atoms with E-state index in [0.29, 0.717) is 11.4 Å². The van der Waals surface area contributed by atoms with Gasteiger partial charge in [0.2, 0.25) is 10.0 Å². The van der Waals surface area contributed by atoms with E-state index in [9.17, 15) is 23.3 Å². The van der Waals surface area contributed by atoms with Crippen LogP contribution in [-0.2, 0) is 10.0 Å². The Labute approximate surface area is 178 Å². The Balaban J connectivity index is 1.50. The number of methoxy groups -OCH3 is 1. The Kier molecular flexibility index (Phi) is 5.38. The Morgan fingerprint density at radius 3 is 2.48 bits per heavy atom. The van der Waals surface area contributed by atoms with Crippen LogP contribution in [0, 0.1) is 10.1 Å². The fourth-order valence-electron chi connectivity index (χ4n) is 3.62. The van der Waals surface area contributed by atoms with Gasteiger partial charge in [-0.05, 0) is 24.3 Å². The summed E-state index contributed by atoms with van der Waals surface area (Å²) in [5.74, 6) is 0.431. The summed E-state index contributed by atoms with van der Waals surface area (Å²) in [6.07, 6.45) is 0. The number of carbonyl (C=O) groups excluding carboxylic acids is 1. The number of amides is 1. The van der Waals surface area contributed by atoms with E-state index >= 15 is 0 Å². The first kappa shape index (κ1) is 20.8. The van der Waals surface area contributed by atoms with Gasteiger partial charge in [0.05, 0.1) is 12.0 Å². The van der Waals surface area contributed by atoms with Gasteiger partial charge in [0.1, 0.15) is 11.4 Å². The molecule has 0 atom stereocenters. The second kappa shape index (κ2) is 8.00. The normalized spacial score (nSPS) is 15.2. The lowest BCUT2D eigenvalue weighted by atomic mass is 10.2. The van der Waals surface area contributed by atoms with Crippen molar-refractivity contribution in [2.45, 2.75) is 4.90 Å². The SMILES string of the molecule is COc1ccc2cc(C(=O)N3CCN(S(=O)(=O)c4ccccc4[N+](=O)[O-])CC3)[nH]c2c1. The molecule has 1 amide bonds. The molecule has 1 aliphatic rings. The van der Waals surface area contributed by atoms with E-state index in [-0.39, 0.29) is 37.0 Å². The van der Waals surface area contributed by atoms with Gasteiger partial charge in [-0.1, -0.05) is 12.1 Å². The van der Waals surface area contributed by atoms with Crippen LogP contribution in [0.1, 0.15) is 10.5 Å². The number of sulfonamides is 1. The van der Waals surface area contributed by atoms with Crippen LogP contribution >= 0.6 is 0 Å². The topological polar surface area (TPSA) is 126 Å². The summed E-state index contributed by atoms with van der Waals surface area (Å²) >= 11 is 0. The van der Waals surface area contributed by atoms with Crippen LogP contribution < -0.4 is 4.74 Å². The molecule has 0 bridgehead atoms. The number of para-hydroxylation sites is 1. The molecule has 3 aromatic rings. The number of aromatic nitrogens is 1. The van der Waals surface area contributed by atoms with Crippen LogP contribution in [0.15, 0.2) is 53.4 Å². The Morgan fingerprint density at radius 2 is 1.81 bits per heavy atom. The minimum atomic E-state index is -4.05. The van der Waals surface area contributed by atoms with E-state index in [0.717, 1.165) is 17.0 Å². The minimum absolute atomic E-state index is 0.0498. The fourth-order valence-corrected chi connectivity index (χ4v) is 5.20. The van der Waals surface area contributed by atoms with Crippen molar-refractivity contribution in [1.29, 1.82) is 0 Å². The molecule has 0 saturated carbocycles. The molecule has 0 radical (unpaired) electrons. The molecule has 0 unspecified atom stereocenters. The molecule has 1 saturated heterocycles. The first-order valence-corrected chi connectivity index (χ1v) is 10.9. The van der Waals surface area contributed by atoms with Crippen LogP contribution in [-0.4, -0.2) is 66.7 Å². The molecule has 4 rings (SSSR count). The number of nitro benzene ring substituents is 1. The number of rotatable bonds is 5. The van der Waals surface area contributed by atoms with Gasteiger partial charge in [-0.25, -0.2) is 8.42 Å². The predicted octanol–water partition coefficient (Wildman–Crippen LogP) is 2.23. The smallest absolute Gasteiger partial charge is 0.289 e. The molecule has 2 heterocycles. The number of piperazine rings is 1. The van der Waals surface area contributed by atoms with Crippen LogP contribution in [0.5, 0.6) is 5.75 Å². The summed E-state index contributed by atoms with van der Waals surface area (Å²) in [5.41, 5.74) is 0.702. The number of nitro groups is 1. The largest absolute Gasteiger partial charge is 0.497 e. The molecule has 1 aliphatic heterocycles. The number of hydrogen-bond acceptors (Lipinski definition) is 6. The van der Waals surface area contributed by atoms with E-state index in [1.807, 2.05) is 6.07 Å². The quantitative estimate of drug-likeness (QED) is 0.475. The maximum Gasteiger partial charge on any atom is 0.289 e. The van der Waals surface area contributed by atoms with Gasteiger partial charge in [0.15, 0.2) is 4.90 Å². The Morgan fingerprint density at radius 1 is 1.10 bits per heavy atom. The molecule has 2 aromatic carbocycles. The van der Waals surface area contributed by atoms with Crippen LogP contribution in [0.2, 0.25) is 0 Å². The number of nitrogens with zero attached hydrogens (tertiary/aromatic N) is 3. The summed E-state index contributed by atoms with van der Waals surface area (Å²) in [6.45, 7) is 0.455. The highest BCUT2D eigenvalue weighted by molar-refractivity contribution is 7.89. The molecule has 11 heteroatoms. The van der Waals surface area contributed by atoms with Gasteiger partial charge in [-0.3, -0.25) is 14.9 Å². The molecular formula is C20H20N4O6S. The third-order valence-corrected chi connectivity index (χ3v) is 7.21. The van der Waals surface area contributed by atoms with E-state index in [1.165, 1.54) is 22.5 Å². The van der Waals surface area contributed by atoms with Crippen molar-refractivity contribution in [3.05, 3.63) is 64.3 Å². The van der Waals surface area contributed by atoms with Crippen LogP contribution in [0.25, 0.3) is 10.9 Å². The monoisotopic (exact) mass is 444 g/mol. The van der Waals surface area contributed by atoms with Crippen molar-refractivity contribution in [2.75, 3.05) is 33.3 Å². The number of fused-ring (bicyclic) bond motifs is 1. The number of hydrogen-bond donors (Lipinski definition) is 1. The van der Waals surface area contributed by atoms with Gasteiger partial charge < -0.3 is 14.6 Å². The maximum atomic E-state index is 12.9. The van der Waals surface area contributed by atoms with E-state index in [2.05, 4.69) is 4.98 Å². The molecule has 10 nitrogen and oxygen atoms in total. The van der Waals surface area contributed by atoms with Crippen LogP contribution in [0.4, 0.5) is 5.69 Å². The number of aromatic amines is 1. The van der Waals surface area contributed by atoms with E-state index < -0.39 is 20.6 Å². The van der Waals surface area contributed by atoms with Gasteiger partial charge in [-0.2, -0.15) is 4.31 Å². The second-order valence-electron chi connectivity index (χ2n) is 7.06. The van der Waals surface area contributed by atoms with E-state index in [1.54, 1.807) is 30.2 Å². The van der Waals surface area contributed by atoms with Crippen molar-refractivity contribution in [3.8, 4) is 5.75 Å². The molecule has 1 aromatic heterocycles. The number of ether oxygens (including phenoxy) is 1. The summed E-state index contributed by atoms with van der Waals surface area (Å²) in [4.78, 5) is 27.7. The van der Waals surface area contributed by atoms with Crippen LogP contribution in [0.3, 0.4) is 0 Å². The first-order valence-electron chi connectivity index (χ1n) is 9.51. The molecule has 0 spiro atoms. The Hall–Kier alpha value is -3.44. The molecule has 1 fully saturated rings. The fraction of sp³-hybridized carbons (Fsp3) is 0.250. The molecule has 0 aliphatic carbocycles. The minimum Gasteiger partial charge on any atom is -0.497 e. The second-order valence-corrected chi connectivity index (χ2v) is 8.96. The molecule has 162 valence electrons. The van der Waals surface area contributed by atoms with Gasteiger partial charge in [-0.15, -0.1) is 0 Å². The average molecular weight is 444 g/mol. The summed E-state index contributed by atoms with van der Waals surface area (Å²) in [6, 6.07) is 12.4. The number of H-pyrrole nitrogens is 1. The molecule has 31 heavy (non-hydrogen) atoms. The van der Waals surface area contributed by atoms with Crippen molar-refractivity contribution < 1.29 is 22.9 Å². The lowest BCUT2D eigenvalue weighted by molar-refractivity contribution is -0.387. The van der Waals surface area contributed by atoms with Gasteiger partial charge in [0.25, 0.3) is 11.6 Å². The average Bonchev–Trinajstić information content (AvgIpc) is 3.22. The zero-order valence-corrected chi connectivity index (χ0v) is 17.5. The zero-order valence-electron chi connectivity index (χ0n) is 16.6. The van der Waals surface area contributed by atoms with Crippen molar-refractivity contribution >= 4 is 32.5 Å². The maximum absolute atomic E-state index is 12.9. The lowest BCUT2D eigenvalue weighted by Gasteiger charge is -2.33. The standard InChI is InChI=1S/C20H20N4O6S/c1-30-15-7-6-14-12-17(21-16(14)13-15)20(25)22-8-10-23(11-9-22)31(28,29)19-5-3-2-4-18(19)24(26)27/h2-7,12-13,21H,8-11H2,1H3. The highest BCUT2D eigenvalue weighted by Crippen LogP contribution is 2.27. The van der Waals surface area contributed by atoms with Crippen molar-refractivity contribution in [1.82, 2.24) is 14.2 Å². The van der Waals surface area contributed by atoms with Crippen molar-refractivity contribution in [3.63, 3.8) is 0 Å². The summed E-state index contributed by atoms with van der Waals surface area (Å²) < 4.78 is 32.2. The Bertz CT molecular complexity index is 1260. The van der Waals surface area contributed by atoms with E-state index in [4.69, 9.17) is 4.74 Å². The molecular weight excluding hydrogens is 424 g/mol. The highest BCUT2D eigenvalue weighted by Gasteiger charge is 2.34. The first-order chi connectivity index (χ1) is 14.8. The number of benzene rings is 2. The van der Waals surface area contributed by atoms with Gasteiger partial charge >= 0.3 is 0 Å². The third-order valence-electron chi connectivity index (χ3n) is 5.27. The summed E-state index contributed by atoms with van der Waals surface area (Å²) in [7, 11) is -2.48. The number of nitrogens with one attached hydrogen (secondary N) is 1. The zero-order chi connectivity index (χ0) is 22.2. The molecule has 1 N–H and O–H groups in total. The third kappa shape index (κ3) is 3.84. The lowest BCUT2D eigenvalue weighted by Crippen LogP contribution is -2.50. The van der Waals surface area contributed by atoms with Crippen molar-refractivity contribution in [2.24, 2.45) is 0 Å².